The summed E-state index contributed by atoms with van der Waals surface area (Å²) < 4.78 is 29.0. The number of nitrogens with zero attached hydrogens (tertiary/aromatic N) is 13. The minimum atomic E-state index is -0.364. The highest BCUT2D eigenvalue weighted by Crippen LogP contribution is 2.41. The normalized spacial score (nSPS) is 13.1. The monoisotopic (exact) mass is 1300 g/mol. The van der Waals surface area contributed by atoms with Crippen molar-refractivity contribution in [3.8, 4) is 65.5 Å². The van der Waals surface area contributed by atoms with Crippen LogP contribution < -0.4 is 18.9 Å². The maximum atomic E-state index is 13.2. The molecule has 1 aliphatic rings. The van der Waals surface area contributed by atoms with E-state index in [1.165, 1.54) is 45.3 Å². The van der Waals surface area contributed by atoms with Crippen LogP contribution in [0.25, 0.3) is 72.9 Å². The van der Waals surface area contributed by atoms with Gasteiger partial charge >= 0.3 is 0 Å². The number of hydrogen-bond donors (Lipinski definition) is 2. The molecule has 2 amide bonds. The molecule has 88 heavy (non-hydrogen) atoms. The molecule has 0 aliphatic carbocycles. The van der Waals surface area contributed by atoms with Gasteiger partial charge in [-0.3, -0.25) is 14.5 Å². The Balaban J connectivity index is 0.000000172. The molecule has 0 bridgehead atoms. The number of thiazole rings is 4. The maximum absolute atomic E-state index is 13.2. The van der Waals surface area contributed by atoms with Gasteiger partial charge in [-0.2, -0.15) is 10.2 Å². The number of aliphatic hydroxyl groups is 2. The third-order valence-corrected chi connectivity index (χ3v) is 20.2. The van der Waals surface area contributed by atoms with Gasteiger partial charge in [-0.1, -0.05) is 60.8 Å². The van der Waals surface area contributed by atoms with E-state index in [1.54, 1.807) is 57.9 Å². The molecule has 0 saturated carbocycles. The summed E-state index contributed by atoms with van der Waals surface area (Å²) >= 11 is 9.18. The molecule has 1 fully saturated rings. The molecule has 27 heteroatoms. The number of carbonyl (C=O) groups excluding carboxylic acids is 2. The van der Waals surface area contributed by atoms with Crippen LogP contribution in [0.5, 0.6) is 23.0 Å². The standard InChI is InChI=1S/C31H31N7O4S3.C30H30N6O4S3/c1-19-35-38-16-25(34-31(38)44-19)29-33-24-14-23(41-2)15-26(27(24)45-29)42-17-22-18-43-28(32-22)20-4-6-21(7-5-20)30(40)37-9-3-8-36(10-11-37)12-13-39;1-17-34-36-12-23(33-29(36)42-17)27-32-22-10-21(39-5)11-24(25(22)43-27)40-13-20-14-41-26(31-20)18-6-8-19(9-7-18)28(38)35(4)15-30(2,3)16-37/h4-7,14-16,18,39H,3,8-13,17H2,1-2H3;6-12,14,37H,13,15-16H2,1-5H3. The van der Waals surface area contributed by atoms with Gasteiger partial charge in [0.2, 0.25) is 9.92 Å². The van der Waals surface area contributed by atoms with E-state index in [9.17, 15) is 19.8 Å². The number of aryl methyl sites for hydroxylation is 2. The Hall–Kier alpha value is -7.86. The summed E-state index contributed by atoms with van der Waals surface area (Å²) in [6.07, 6.45) is 4.69. The molecule has 13 rings (SSSR count). The van der Waals surface area contributed by atoms with Crippen molar-refractivity contribution in [2.45, 2.75) is 47.3 Å². The van der Waals surface area contributed by atoms with Crippen LogP contribution in [0.1, 0.15) is 62.4 Å². The second kappa shape index (κ2) is 26.1. The lowest BCUT2D eigenvalue weighted by Gasteiger charge is -2.28. The highest BCUT2D eigenvalue weighted by atomic mass is 32.1. The van der Waals surface area contributed by atoms with Crippen LogP contribution in [-0.4, -0.2) is 160 Å². The van der Waals surface area contributed by atoms with Gasteiger partial charge in [0.05, 0.1) is 65.0 Å². The number of aliphatic hydroxyl groups excluding tert-OH is 2. The maximum Gasteiger partial charge on any atom is 0.253 e. The van der Waals surface area contributed by atoms with E-state index in [4.69, 9.17) is 48.9 Å². The van der Waals surface area contributed by atoms with Crippen molar-refractivity contribution in [1.82, 2.24) is 63.8 Å². The molecule has 1 aliphatic heterocycles. The van der Waals surface area contributed by atoms with Crippen molar-refractivity contribution in [3.05, 3.63) is 128 Å². The second-order valence-electron chi connectivity index (χ2n) is 21.6. The van der Waals surface area contributed by atoms with E-state index in [2.05, 4.69) is 15.1 Å². The van der Waals surface area contributed by atoms with Crippen LogP contribution in [0.3, 0.4) is 0 Å². The first kappa shape index (κ1) is 60.4. The molecule has 0 atom stereocenters. The zero-order chi connectivity index (χ0) is 61.2. The van der Waals surface area contributed by atoms with E-state index < -0.39 is 0 Å². The van der Waals surface area contributed by atoms with Crippen LogP contribution in [0.2, 0.25) is 0 Å². The van der Waals surface area contributed by atoms with E-state index in [0.717, 1.165) is 120 Å². The molecule has 4 aromatic carbocycles. The third kappa shape index (κ3) is 13.4. The quantitative estimate of drug-likeness (QED) is 0.0766. The lowest BCUT2D eigenvalue weighted by atomic mass is 9.94. The fourth-order valence-electron chi connectivity index (χ4n) is 9.96. The SMILES string of the molecule is COc1cc(OCc2csc(-c3ccc(C(=O)N(C)CC(C)(C)CO)cc3)n2)c2sc(-c3cn4nc(C)sc4n3)nc2c1.COc1cc(OCc2csc(-c3ccc(C(=O)N4CCCN(CCO)CC4)cc3)n2)c2sc(-c3cn4nc(C)sc4n3)nc2c1. The Bertz CT molecular complexity index is 4380. The van der Waals surface area contributed by atoms with Gasteiger partial charge in [0.25, 0.3) is 11.8 Å². The average Bonchev–Trinajstić information content (AvgIpc) is 1.91. The predicted octanol–water partition coefficient (Wildman–Crippen LogP) is 11.4. The first-order valence-corrected chi connectivity index (χ1v) is 33.1. The first-order valence-electron chi connectivity index (χ1n) is 28.1. The van der Waals surface area contributed by atoms with E-state index in [0.29, 0.717) is 53.8 Å². The number of aromatic nitrogens is 10. The number of hydrogen-bond acceptors (Lipinski definition) is 23. The summed E-state index contributed by atoms with van der Waals surface area (Å²) in [7, 11) is 5.00. The summed E-state index contributed by atoms with van der Waals surface area (Å²) in [6, 6.07) is 22.6. The summed E-state index contributed by atoms with van der Waals surface area (Å²) in [5.74, 6) is 2.61. The topological polar surface area (TPSA) is 233 Å². The van der Waals surface area contributed by atoms with Crippen molar-refractivity contribution < 1.29 is 38.7 Å². The van der Waals surface area contributed by atoms with Gasteiger partial charge in [0.1, 0.15) is 77.6 Å². The van der Waals surface area contributed by atoms with E-state index in [1.807, 2.05) is 129 Å². The minimum Gasteiger partial charge on any atom is -0.497 e. The molecule has 2 N–H and O–H groups in total. The van der Waals surface area contributed by atoms with Crippen LogP contribution >= 0.6 is 68.0 Å². The number of rotatable bonds is 19. The molecule has 9 heterocycles. The Morgan fingerprint density at radius 3 is 1.61 bits per heavy atom. The Morgan fingerprint density at radius 1 is 0.625 bits per heavy atom. The van der Waals surface area contributed by atoms with Crippen LogP contribution in [-0.2, 0) is 13.2 Å². The number of methoxy groups -OCH3 is 2. The van der Waals surface area contributed by atoms with E-state index in [-0.39, 0.29) is 43.7 Å². The molecule has 1 saturated heterocycles. The predicted molar refractivity (Wildman–Crippen MR) is 347 cm³/mol. The first-order chi connectivity index (χ1) is 42.6. The lowest BCUT2D eigenvalue weighted by Crippen LogP contribution is -2.37. The van der Waals surface area contributed by atoms with Crippen molar-refractivity contribution in [2.24, 2.45) is 5.41 Å². The summed E-state index contributed by atoms with van der Waals surface area (Å²) in [5.41, 5.74) is 7.46. The summed E-state index contributed by atoms with van der Waals surface area (Å²) in [5, 5.41) is 36.8. The van der Waals surface area contributed by atoms with Crippen LogP contribution in [0.15, 0.2) is 96.0 Å². The highest BCUT2D eigenvalue weighted by Gasteiger charge is 2.25. The zero-order valence-corrected chi connectivity index (χ0v) is 54.0. The van der Waals surface area contributed by atoms with Crippen molar-refractivity contribution in [3.63, 3.8) is 0 Å². The average molecular weight is 1300 g/mol. The molecular weight excluding hydrogens is 1240 g/mol. The number of imidazole rings is 2. The molecule has 0 spiro atoms. The van der Waals surface area contributed by atoms with Gasteiger partial charge in [-0.05, 0) is 51.1 Å². The molecule has 0 radical (unpaired) electrons. The summed E-state index contributed by atoms with van der Waals surface area (Å²) in [4.78, 5) is 62.0. The number of amides is 2. The minimum absolute atomic E-state index is 0.00948. The largest absolute Gasteiger partial charge is 0.497 e. The van der Waals surface area contributed by atoms with Crippen molar-refractivity contribution >= 4 is 110 Å². The van der Waals surface area contributed by atoms with Gasteiger partial charge in [-0.15, -0.1) is 45.3 Å². The molecule has 12 aromatic rings. The summed E-state index contributed by atoms with van der Waals surface area (Å²) in [6.45, 7) is 12.7. The Labute approximate surface area is 529 Å². The van der Waals surface area contributed by atoms with Gasteiger partial charge in [-0.25, -0.2) is 38.9 Å². The van der Waals surface area contributed by atoms with Gasteiger partial charge in [0, 0.05) is 109 Å². The molecular formula is C61H61N13O8S6. The number of ether oxygens (including phenoxy) is 4. The number of benzene rings is 4. The highest BCUT2D eigenvalue weighted by molar-refractivity contribution is 7.22. The number of β-amino-alcohol motifs (C(OH)–C–C–N with tert-alkyl or cyclic N) is 1. The smallest absolute Gasteiger partial charge is 0.253 e. The lowest BCUT2D eigenvalue weighted by molar-refractivity contribution is 0.0663. The molecule has 454 valence electrons. The number of carbonyl (C=O) groups is 2. The van der Waals surface area contributed by atoms with Crippen LogP contribution in [0.4, 0.5) is 0 Å². The van der Waals surface area contributed by atoms with Crippen molar-refractivity contribution in [2.75, 3.05) is 73.7 Å². The fourth-order valence-corrected chi connectivity index (χ4v) is 15.0. The Kier molecular flexibility index (Phi) is 17.9. The number of fused-ring (bicyclic) bond motifs is 4. The fraction of sp³-hybridized carbons (Fsp3) is 0.311. The van der Waals surface area contributed by atoms with E-state index >= 15 is 0 Å². The zero-order valence-electron chi connectivity index (χ0n) is 49.1. The molecule has 0 unspecified atom stereocenters. The second-order valence-corrected chi connectivity index (χ2v) is 27.7. The third-order valence-electron chi connectivity index (χ3n) is 14.4. The van der Waals surface area contributed by atoms with Crippen molar-refractivity contribution in [1.29, 1.82) is 0 Å². The molecule has 21 nitrogen and oxygen atoms in total. The Morgan fingerprint density at radius 2 is 1.14 bits per heavy atom. The van der Waals surface area contributed by atoms with Gasteiger partial charge < -0.3 is 39.0 Å². The van der Waals surface area contributed by atoms with Gasteiger partial charge in [0.15, 0.2) is 0 Å². The molecule has 8 aromatic heterocycles. The van der Waals surface area contributed by atoms with Crippen LogP contribution in [0, 0.1) is 19.3 Å².